The molecule has 6 atom stereocenters. The molecule has 3 nitrogen and oxygen atoms in total. The van der Waals surface area contributed by atoms with Crippen molar-refractivity contribution in [3.05, 3.63) is 11.1 Å². The molecule has 0 aliphatic heterocycles. The number of oxime groups is 1. The molecule has 0 unspecified atom stereocenters. The Morgan fingerprint density at radius 3 is 2.38 bits per heavy atom. The first-order chi connectivity index (χ1) is 11.2. The molecule has 4 aliphatic rings. The first-order valence-corrected chi connectivity index (χ1v) is 9.88. The highest BCUT2D eigenvalue weighted by atomic mass is 16.4. The van der Waals surface area contributed by atoms with E-state index in [4.69, 9.17) is 0 Å². The van der Waals surface area contributed by atoms with Gasteiger partial charge in [0.15, 0.2) is 0 Å². The highest BCUT2D eigenvalue weighted by molar-refractivity contribution is 6.01. The maximum atomic E-state index is 11.0. The van der Waals surface area contributed by atoms with Gasteiger partial charge in [-0.1, -0.05) is 24.6 Å². The van der Waals surface area contributed by atoms with E-state index in [1.165, 1.54) is 24.8 Å². The van der Waals surface area contributed by atoms with Crippen molar-refractivity contribution in [3.63, 3.8) is 0 Å². The van der Waals surface area contributed by atoms with E-state index in [1.807, 2.05) is 0 Å². The molecule has 3 fully saturated rings. The summed E-state index contributed by atoms with van der Waals surface area (Å²) in [4.78, 5) is 0. The zero-order chi connectivity index (χ0) is 17.3. The van der Waals surface area contributed by atoms with Crippen LogP contribution in [0.5, 0.6) is 0 Å². The van der Waals surface area contributed by atoms with Crippen molar-refractivity contribution < 1.29 is 10.3 Å². The summed E-state index contributed by atoms with van der Waals surface area (Å²) in [5.74, 6) is 2.17. The minimum Gasteiger partial charge on any atom is -0.411 e. The third-order valence-electron chi connectivity index (χ3n) is 9.12. The third-order valence-corrected chi connectivity index (χ3v) is 9.12. The highest BCUT2D eigenvalue weighted by Gasteiger charge is 2.62. The summed E-state index contributed by atoms with van der Waals surface area (Å²) in [6.45, 7) is 9.08. The average molecular weight is 332 g/mol. The number of aliphatic hydroxyl groups is 1. The molecule has 0 saturated heterocycles. The van der Waals surface area contributed by atoms with Gasteiger partial charge in [-0.3, -0.25) is 0 Å². The zero-order valence-electron chi connectivity index (χ0n) is 15.7. The summed E-state index contributed by atoms with van der Waals surface area (Å²) >= 11 is 0. The van der Waals surface area contributed by atoms with Crippen molar-refractivity contribution in [1.82, 2.24) is 0 Å². The fourth-order valence-corrected chi connectivity index (χ4v) is 7.36. The standard InChI is InChI=1S/C21H33NO2/c1-13-15-6-5-14-16(19(15,2)10-9-18(13)22-24)7-11-20(3)17(14)8-12-21(20,4)23/h14,16-17,23-24H,5-12H2,1-4H3/b22-18+/t14-,16+,17+,19+,20+,21+/m1/s1. The second-order valence-corrected chi connectivity index (χ2v) is 9.75. The number of allylic oxidation sites excluding steroid dienone is 2. The Bertz CT molecular complexity index is 619. The second kappa shape index (κ2) is 5.09. The predicted molar refractivity (Wildman–Crippen MR) is 96.2 cm³/mol. The molecule has 4 aliphatic carbocycles. The van der Waals surface area contributed by atoms with Crippen LogP contribution in [0.3, 0.4) is 0 Å². The monoisotopic (exact) mass is 331 g/mol. The summed E-state index contributed by atoms with van der Waals surface area (Å²) in [6, 6.07) is 0. The van der Waals surface area contributed by atoms with E-state index in [2.05, 4.69) is 32.9 Å². The molecule has 0 spiro atoms. The number of hydrogen-bond donors (Lipinski definition) is 2. The van der Waals surface area contributed by atoms with Gasteiger partial charge in [0.1, 0.15) is 0 Å². The van der Waals surface area contributed by atoms with Gasteiger partial charge in [0.25, 0.3) is 0 Å². The second-order valence-electron chi connectivity index (χ2n) is 9.75. The van der Waals surface area contributed by atoms with E-state index < -0.39 is 5.60 Å². The van der Waals surface area contributed by atoms with Gasteiger partial charge in [0, 0.05) is 0 Å². The van der Waals surface area contributed by atoms with Gasteiger partial charge < -0.3 is 10.3 Å². The lowest BCUT2D eigenvalue weighted by Crippen LogP contribution is -2.54. The molecule has 4 rings (SSSR count). The molecule has 0 bridgehead atoms. The van der Waals surface area contributed by atoms with Crippen LogP contribution >= 0.6 is 0 Å². The minimum atomic E-state index is -0.487. The highest BCUT2D eigenvalue weighted by Crippen LogP contribution is 2.67. The van der Waals surface area contributed by atoms with E-state index in [-0.39, 0.29) is 10.8 Å². The van der Waals surface area contributed by atoms with Crippen molar-refractivity contribution >= 4 is 5.71 Å². The van der Waals surface area contributed by atoms with Crippen LogP contribution in [0.4, 0.5) is 0 Å². The Hall–Kier alpha value is -0.830. The number of rotatable bonds is 0. The Balaban J connectivity index is 1.72. The SMILES string of the molecule is CC1=C2CC[C@@H]3[C@H](CC[C@@]4(C)[C@H]3CC[C@]4(C)O)[C@@]2(C)CC/C1=N\O. The zero-order valence-corrected chi connectivity index (χ0v) is 15.7. The fourth-order valence-electron chi connectivity index (χ4n) is 7.36. The summed E-state index contributed by atoms with van der Waals surface area (Å²) < 4.78 is 0. The maximum Gasteiger partial charge on any atom is 0.0824 e. The van der Waals surface area contributed by atoms with Gasteiger partial charge in [-0.25, -0.2) is 0 Å². The molecule has 24 heavy (non-hydrogen) atoms. The van der Waals surface area contributed by atoms with Gasteiger partial charge in [0.2, 0.25) is 0 Å². The van der Waals surface area contributed by atoms with Crippen LogP contribution in [0.2, 0.25) is 0 Å². The Kier molecular flexibility index (Phi) is 3.53. The summed E-state index contributed by atoms with van der Waals surface area (Å²) in [5.41, 5.74) is 3.63. The molecular formula is C21H33NO2. The molecule has 0 aromatic carbocycles. The molecule has 0 radical (unpaired) electrons. The third kappa shape index (κ3) is 1.91. The van der Waals surface area contributed by atoms with E-state index in [1.54, 1.807) is 5.57 Å². The van der Waals surface area contributed by atoms with Crippen molar-refractivity contribution in [2.24, 2.45) is 33.7 Å². The molecule has 134 valence electrons. The smallest absolute Gasteiger partial charge is 0.0824 e. The molecule has 0 heterocycles. The lowest BCUT2D eigenvalue weighted by Gasteiger charge is -2.59. The van der Waals surface area contributed by atoms with Gasteiger partial charge >= 0.3 is 0 Å². The van der Waals surface area contributed by atoms with Crippen LogP contribution in [-0.4, -0.2) is 21.6 Å². The summed E-state index contributed by atoms with van der Waals surface area (Å²) in [5, 5.41) is 23.9. The minimum absolute atomic E-state index is 0.104. The van der Waals surface area contributed by atoms with Crippen LogP contribution in [0.25, 0.3) is 0 Å². The van der Waals surface area contributed by atoms with Gasteiger partial charge in [-0.2, -0.15) is 0 Å². The molecule has 0 aromatic rings. The van der Waals surface area contributed by atoms with Crippen LogP contribution in [-0.2, 0) is 0 Å². The Morgan fingerprint density at radius 2 is 1.67 bits per heavy atom. The molecule has 3 heteroatoms. The lowest BCUT2D eigenvalue weighted by molar-refractivity contribution is -0.117. The molecule has 0 amide bonds. The normalized spacial score (nSPS) is 52.9. The first-order valence-electron chi connectivity index (χ1n) is 9.88. The first kappa shape index (κ1) is 16.6. The molecule has 2 N–H and O–H groups in total. The number of nitrogens with zero attached hydrogens (tertiary/aromatic N) is 1. The van der Waals surface area contributed by atoms with Gasteiger partial charge in [-0.15, -0.1) is 0 Å². The van der Waals surface area contributed by atoms with Gasteiger partial charge in [0.05, 0.1) is 11.3 Å². The predicted octanol–water partition coefficient (Wildman–Crippen LogP) is 4.92. The molecule has 3 saturated carbocycles. The van der Waals surface area contributed by atoms with E-state index >= 15 is 0 Å². The van der Waals surface area contributed by atoms with E-state index in [0.29, 0.717) is 5.92 Å². The van der Waals surface area contributed by atoms with Crippen molar-refractivity contribution in [2.75, 3.05) is 0 Å². The molecule has 0 aromatic heterocycles. The summed E-state index contributed by atoms with van der Waals surface area (Å²) in [6.07, 6.45) is 9.01. The van der Waals surface area contributed by atoms with Crippen molar-refractivity contribution in [2.45, 2.75) is 84.7 Å². The number of fused-ring (bicyclic) bond motifs is 5. The topological polar surface area (TPSA) is 52.8 Å². The quantitative estimate of drug-likeness (QED) is 0.489. The fraction of sp³-hybridized carbons (Fsp3) is 0.857. The Labute approximate surface area is 146 Å². The Morgan fingerprint density at radius 1 is 0.958 bits per heavy atom. The van der Waals surface area contributed by atoms with E-state index in [0.717, 1.165) is 49.7 Å². The van der Waals surface area contributed by atoms with Crippen molar-refractivity contribution in [1.29, 1.82) is 0 Å². The van der Waals surface area contributed by atoms with Crippen LogP contribution in [0, 0.1) is 28.6 Å². The molecular weight excluding hydrogens is 298 g/mol. The van der Waals surface area contributed by atoms with Crippen LogP contribution in [0.15, 0.2) is 16.3 Å². The maximum absolute atomic E-state index is 11.0. The number of hydrogen-bond acceptors (Lipinski definition) is 3. The largest absolute Gasteiger partial charge is 0.411 e. The summed E-state index contributed by atoms with van der Waals surface area (Å²) in [7, 11) is 0. The van der Waals surface area contributed by atoms with Crippen LogP contribution < -0.4 is 0 Å². The van der Waals surface area contributed by atoms with Gasteiger partial charge in [-0.05, 0) is 99.4 Å². The van der Waals surface area contributed by atoms with Crippen LogP contribution in [0.1, 0.15) is 79.1 Å². The van der Waals surface area contributed by atoms with Crippen molar-refractivity contribution in [3.8, 4) is 0 Å². The lowest BCUT2D eigenvalue weighted by atomic mass is 9.46. The van der Waals surface area contributed by atoms with E-state index in [9.17, 15) is 10.3 Å². The average Bonchev–Trinajstić information content (AvgIpc) is 2.78.